The smallest absolute Gasteiger partial charge is 0.152 e. The molecule has 0 spiro atoms. The third-order valence-electron chi connectivity index (χ3n) is 3.33. The van der Waals surface area contributed by atoms with Gasteiger partial charge in [-0.25, -0.2) is 13.1 Å². The fourth-order valence-electron chi connectivity index (χ4n) is 2.27. The first kappa shape index (κ1) is 10.1. The second-order valence-electron chi connectivity index (χ2n) is 4.77. The summed E-state index contributed by atoms with van der Waals surface area (Å²) in [4.78, 5) is 0. The summed E-state index contributed by atoms with van der Waals surface area (Å²) in [5, 5.41) is 4.45. The fraction of sp³-hybridized carbons (Fsp3) is 0.700. The highest BCUT2D eigenvalue weighted by molar-refractivity contribution is 7.91. The molecular weight excluding hydrogens is 226 g/mol. The van der Waals surface area contributed by atoms with Crippen molar-refractivity contribution in [3.05, 3.63) is 11.8 Å². The van der Waals surface area contributed by atoms with Gasteiger partial charge in [0, 0.05) is 12.0 Å². The minimum absolute atomic E-state index is 0.0579. The van der Waals surface area contributed by atoms with Crippen molar-refractivity contribution >= 4 is 15.7 Å². The molecule has 0 bridgehead atoms. The standard InChI is InChI=1S/C10H15N3O2S/c11-10-5-9(7-1-2-7)12-13(10)8-3-4-16(14,15)6-8/h5,7-8H,1-4,6,11H2. The van der Waals surface area contributed by atoms with E-state index in [2.05, 4.69) is 5.10 Å². The van der Waals surface area contributed by atoms with Gasteiger partial charge in [-0.05, 0) is 19.3 Å². The zero-order chi connectivity index (χ0) is 11.3. The van der Waals surface area contributed by atoms with E-state index >= 15 is 0 Å². The summed E-state index contributed by atoms with van der Waals surface area (Å²) in [5.74, 6) is 1.60. The first-order chi connectivity index (χ1) is 7.55. The Morgan fingerprint density at radius 2 is 2.12 bits per heavy atom. The molecule has 3 rings (SSSR count). The predicted molar refractivity (Wildman–Crippen MR) is 60.9 cm³/mol. The summed E-state index contributed by atoms with van der Waals surface area (Å²) in [6.07, 6.45) is 3.00. The van der Waals surface area contributed by atoms with Crippen molar-refractivity contribution in [1.82, 2.24) is 9.78 Å². The van der Waals surface area contributed by atoms with Gasteiger partial charge in [0.2, 0.25) is 0 Å². The van der Waals surface area contributed by atoms with Crippen LogP contribution in [0.3, 0.4) is 0 Å². The van der Waals surface area contributed by atoms with Crippen LogP contribution in [-0.4, -0.2) is 29.7 Å². The zero-order valence-corrected chi connectivity index (χ0v) is 9.78. The molecule has 0 amide bonds. The second kappa shape index (κ2) is 3.23. The molecule has 88 valence electrons. The van der Waals surface area contributed by atoms with Gasteiger partial charge < -0.3 is 5.73 Å². The minimum Gasteiger partial charge on any atom is -0.384 e. The topological polar surface area (TPSA) is 78.0 Å². The van der Waals surface area contributed by atoms with Gasteiger partial charge >= 0.3 is 0 Å². The van der Waals surface area contributed by atoms with E-state index in [1.54, 1.807) is 4.68 Å². The van der Waals surface area contributed by atoms with Crippen LogP contribution in [0.2, 0.25) is 0 Å². The van der Waals surface area contributed by atoms with Crippen molar-refractivity contribution in [1.29, 1.82) is 0 Å². The number of hydrogen-bond acceptors (Lipinski definition) is 4. The Kier molecular flexibility index (Phi) is 2.04. The number of aromatic nitrogens is 2. The maximum atomic E-state index is 11.4. The Morgan fingerprint density at radius 3 is 2.69 bits per heavy atom. The van der Waals surface area contributed by atoms with E-state index in [4.69, 9.17) is 5.73 Å². The molecule has 1 saturated carbocycles. The Labute approximate surface area is 94.5 Å². The first-order valence-electron chi connectivity index (χ1n) is 5.60. The summed E-state index contributed by atoms with van der Waals surface area (Å²) < 4.78 is 24.5. The zero-order valence-electron chi connectivity index (χ0n) is 8.96. The number of nitrogens with two attached hydrogens (primary N) is 1. The van der Waals surface area contributed by atoms with Crippen molar-refractivity contribution in [2.24, 2.45) is 0 Å². The lowest BCUT2D eigenvalue weighted by Crippen LogP contribution is -2.14. The normalized spacial score (nSPS) is 28.4. The van der Waals surface area contributed by atoms with E-state index in [1.165, 1.54) is 12.8 Å². The molecule has 0 radical (unpaired) electrons. The Hall–Kier alpha value is -1.04. The first-order valence-corrected chi connectivity index (χ1v) is 7.43. The highest BCUT2D eigenvalue weighted by Gasteiger charge is 2.33. The van der Waals surface area contributed by atoms with Gasteiger partial charge in [0.05, 0.1) is 23.2 Å². The van der Waals surface area contributed by atoms with E-state index in [9.17, 15) is 8.42 Å². The molecule has 16 heavy (non-hydrogen) atoms. The minimum atomic E-state index is -2.87. The second-order valence-corrected chi connectivity index (χ2v) is 7.00. The van der Waals surface area contributed by atoms with Crippen LogP contribution in [-0.2, 0) is 9.84 Å². The lowest BCUT2D eigenvalue weighted by molar-refractivity contribution is 0.502. The fourth-order valence-corrected chi connectivity index (χ4v) is 3.96. The molecule has 1 unspecified atom stereocenters. The SMILES string of the molecule is Nc1cc(C2CC2)nn1C1CCS(=O)(=O)C1. The highest BCUT2D eigenvalue weighted by Crippen LogP contribution is 2.40. The quantitative estimate of drug-likeness (QED) is 0.826. The Bertz CT molecular complexity index is 516. The number of anilines is 1. The molecule has 1 aromatic heterocycles. The molecule has 1 aromatic rings. The van der Waals surface area contributed by atoms with Gasteiger partial charge in [0.1, 0.15) is 5.82 Å². The number of nitrogen functional groups attached to an aromatic ring is 1. The molecule has 6 heteroatoms. The van der Waals surface area contributed by atoms with Crippen molar-refractivity contribution in [2.45, 2.75) is 31.2 Å². The third-order valence-corrected chi connectivity index (χ3v) is 5.08. The molecule has 1 aliphatic carbocycles. The lowest BCUT2D eigenvalue weighted by atomic mass is 10.3. The highest BCUT2D eigenvalue weighted by atomic mass is 32.2. The lowest BCUT2D eigenvalue weighted by Gasteiger charge is -2.09. The van der Waals surface area contributed by atoms with E-state index in [0.29, 0.717) is 18.2 Å². The molecule has 2 fully saturated rings. The summed E-state index contributed by atoms with van der Waals surface area (Å²) >= 11 is 0. The summed E-state index contributed by atoms with van der Waals surface area (Å²) in [6.45, 7) is 0. The van der Waals surface area contributed by atoms with Crippen molar-refractivity contribution in [2.75, 3.05) is 17.2 Å². The molecule has 1 aliphatic heterocycles. The van der Waals surface area contributed by atoms with E-state index in [0.717, 1.165) is 5.69 Å². The third kappa shape index (κ3) is 1.71. The average Bonchev–Trinajstić information content (AvgIpc) is 2.89. The average molecular weight is 241 g/mol. The van der Waals surface area contributed by atoms with E-state index in [1.807, 2.05) is 6.07 Å². The predicted octanol–water partition coefficient (Wildman–Crippen LogP) is 0.702. The Balaban J connectivity index is 1.89. The van der Waals surface area contributed by atoms with Crippen molar-refractivity contribution < 1.29 is 8.42 Å². The van der Waals surface area contributed by atoms with Gasteiger partial charge in [-0.1, -0.05) is 0 Å². The van der Waals surface area contributed by atoms with Crippen LogP contribution >= 0.6 is 0 Å². The molecule has 1 atom stereocenters. The summed E-state index contributed by atoms with van der Waals surface area (Å²) in [6, 6.07) is 1.83. The van der Waals surface area contributed by atoms with Gasteiger partial charge in [-0.15, -0.1) is 0 Å². The molecule has 2 N–H and O–H groups in total. The number of rotatable bonds is 2. The number of sulfone groups is 1. The summed E-state index contributed by atoms with van der Waals surface area (Å²) in [5.41, 5.74) is 6.91. The molecule has 2 aliphatic rings. The number of nitrogens with zero attached hydrogens (tertiary/aromatic N) is 2. The van der Waals surface area contributed by atoms with E-state index in [-0.39, 0.29) is 17.5 Å². The van der Waals surface area contributed by atoms with Gasteiger partial charge in [-0.3, -0.25) is 0 Å². The van der Waals surface area contributed by atoms with Crippen LogP contribution in [0.5, 0.6) is 0 Å². The van der Waals surface area contributed by atoms with Crippen LogP contribution in [0.15, 0.2) is 6.07 Å². The number of hydrogen-bond donors (Lipinski definition) is 1. The largest absolute Gasteiger partial charge is 0.384 e. The molecule has 0 aromatic carbocycles. The summed E-state index contributed by atoms with van der Waals surface area (Å²) in [7, 11) is -2.87. The van der Waals surface area contributed by atoms with Crippen LogP contribution < -0.4 is 5.73 Å². The van der Waals surface area contributed by atoms with Gasteiger partial charge in [0.15, 0.2) is 9.84 Å². The van der Waals surface area contributed by atoms with Crippen molar-refractivity contribution in [3.8, 4) is 0 Å². The van der Waals surface area contributed by atoms with Crippen LogP contribution in [0.1, 0.15) is 36.9 Å². The van der Waals surface area contributed by atoms with E-state index < -0.39 is 9.84 Å². The Morgan fingerprint density at radius 1 is 1.38 bits per heavy atom. The van der Waals surface area contributed by atoms with Crippen molar-refractivity contribution in [3.63, 3.8) is 0 Å². The van der Waals surface area contributed by atoms with Gasteiger partial charge in [-0.2, -0.15) is 5.10 Å². The maximum absolute atomic E-state index is 11.4. The van der Waals surface area contributed by atoms with Crippen LogP contribution in [0.25, 0.3) is 0 Å². The molecule has 1 saturated heterocycles. The molecule has 2 heterocycles. The van der Waals surface area contributed by atoms with Crippen LogP contribution in [0.4, 0.5) is 5.82 Å². The molecule has 5 nitrogen and oxygen atoms in total. The van der Waals surface area contributed by atoms with Crippen LogP contribution in [0, 0.1) is 0 Å². The maximum Gasteiger partial charge on any atom is 0.152 e. The molecular formula is C10H15N3O2S. The van der Waals surface area contributed by atoms with Gasteiger partial charge in [0.25, 0.3) is 0 Å². The monoisotopic (exact) mass is 241 g/mol.